The van der Waals surface area contributed by atoms with Gasteiger partial charge >= 0.3 is 0 Å². The van der Waals surface area contributed by atoms with Gasteiger partial charge in [-0.05, 0) is 62.9 Å². The second kappa shape index (κ2) is 7.29. The summed E-state index contributed by atoms with van der Waals surface area (Å²) in [6.45, 7) is 4.91. The molecule has 1 atom stereocenters. The number of carbonyl (C=O) groups is 1. The fourth-order valence-electron chi connectivity index (χ4n) is 2.62. The Hall–Kier alpha value is -1.55. The van der Waals surface area contributed by atoms with Gasteiger partial charge in [0.15, 0.2) is 0 Å². The molecule has 2 rings (SSSR count). The van der Waals surface area contributed by atoms with Gasteiger partial charge in [-0.3, -0.25) is 4.79 Å². The fourth-order valence-corrected chi connectivity index (χ4v) is 2.62. The number of ether oxygens (including phenoxy) is 1. The topological polar surface area (TPSA) is 50.4 Å². The van der Waals surface area contributed by atoms with Crippen LogP contribution in [0, 0.1) is 12.8 Å². The molecular formula is C16H24N2O2. The highest BCUT2D eigenvalue weighted by Crippen LogP contribution is 2.19. The van der Waals surface area contributed by atoms with E-state index in [1.165, 1.54) is 12.8 Å². The average Bonchev–Trinajstić information content (AvgIpc) is 2.48. The van der Waals surface area contributed by atoms with Gasteiger partial charge in [-0.15, -0.1) is 0 Å². The molecule has 20 heavy (non-hydrogen) atoms. The zero-order valence-electron chi connectivity index (χ0n) is 12.4. The van der Waals surface area contributed by atoms with E-state index in [1.54, 1.807) is 13.2 Å². The van der Waals surface area contributed by atoms with Gasteiger partial charge in [0.1, 0.15) is 5.75 Å². The van der Waals surface area contributed by atoms with Gasteiger partial charge < -0.3 is 15.4 Å². The minimum Gasteiger partial charge on any atom is -0.496 e. The van der Waals surface area contributed by atoms with E-state index in [0.717, 1.165) is 37.4 Å². The van der Waals surface area contributed by atoms with Crippen LogP contribution >= 0.6 is 0 Å². The summed E-state index contributed by atoms with van der Waals surface area (Å²) >= 11 is 0. The normalized spacial score (nSPS) is 18.6. The number of piperidine rings is 1. The van der Waals surface area contributed by atoms with Crippen molar-refractivity contribution in [1.82, 2.24) is 10.6 Å². The number of benzene rings is 1. The summed E-state index contributed by atoms with van der Waals surface area (Å²) in [5, 5.41) is 6.39. The van der Waals surface area contributed by atoms with Crippen molar-refractivity contribution in [3.05, 3.63) is 29.3 Å². The monoisotopic (exact) mass is 276 g/mol. The van der Waals surface area contributed by atoms with E-state index < -0.39 is 0 Å². The van der Waals surface area contributed by atoms with Gasteiger partial charge in [0.25, 0.3) is 5.91 Å². The van der Waals surface area contributed by atoms with Gasteiger partial charge in [0.2, 0.25) is 0 Å². The number of rotatable bonds is 5. The Kier molecular flexibility index (Phi) is 5.41. The molecule has 1 aromatic carbocycles. The molecule has 1 amide bonds. The summed E-state index contributed by atoms with van der Waals surface area (Å²) in [5.41, 5.74) is 1.70. The zero-order chi connectivity index (χ0) is 14.4. The van der Waals surface area contributed by atoms with E-state index in [2.05, 4.69) is 10.6 Å². The van der Waals surface area contributed by atoms with Crippen LogP contribution in [0.2, 0.25) is 0 Å². The Morgan fingerprint density at radius 1 is 1.50 bits per heavy atom. The van der Waals surface area contributed by atoms with E-state index in [-0.39, 0.29) is 5.91 Å². The lowest BCUT2D eigenvalue weighted by atomic mass is 9.96. The molecular weight excluding hydrogens is 252 g/mol. The van der Waals surface area contributed by atoms with Crippen molar-refractivity contribution < 1.29 is 9.53 Å². The Balaban J connectivity index is 1.82. The summed E-state index contributed by atoms with van der Waals surface area (Å²) in [6, 6.07) is 5.56. The molecule has 1 heterocycles. The van der Waals surface area contributed by atoms with Crippen LogP contribution in [0.15, 0.2) is 18.2 Å². The van der Waals surface area contributed by atoms with Crippen molar-refractivity contribution >= 4 is 5.91 Å². The fraction of sp³-hybridized carbons (Fsp3) is 0.562. The smallest absolute Gasteiger partial charge is 0.251 e. The average molecular weight is 276 g/mol. The van der Waals surface area contributed by atoms with Gasteiger partial charge in [-0.25, -0.2) is 0 Å². The minimum atomic E-state index is -0.0212. The first-order valence-corrected chi connectivity index (χ1v) is 7.34. The number of methoxy groups -OCH3 is 1. The minimum absolute atomic E-state index is 0.0212. The van der Waals surface area contributed by atoms with Crippen molar-refractivity contribution in [3.8, 4) is 5.75 Å². The van der Waals surface area contributed by atoms with Crippen molar-refractivity contribution in [3.63, 3.8) is 0 Å². The maximum absolute atomic E-state index is 12.1. The maximum atomic E-state index is 12.1. The van der Waals surface area contributed by atoms with E-state index in [1.807, 2.05) is 19.1 Å². The van der Waals surface area contributed by atoms with Gasteiger partial charge in [-0.1, -0.05) is 6.07 Å². The molecule has 110 valence electrons. The number of aryl methyl sites for hydroxylation is 1. The quantitative estimate of drug-likeness (QED) is 0.866. The van der Waals surface area contributed by atoms with Crippen LogP contribution in [-0.4, -0.2) is 32.7 Å². The van der Waals surface area contributed by atoms with Crippen LogP contribution < -0.4 is 15.4 Å². The molecule has 1 aliphatic rings. The molecule has 1 aliphatic heterocycles. The van der Waals surface area contributed by atoms with Crippen molar-refractivity contribution in [2.75, 3.05) is 26.7 Å². The first-order valence-electron chi connectivity index (χ1n) is 7.34. The lowest BCUT2D eigenvalue weighted by Gasteiger charge is -2.22. The standard InChI is InChI=1S/C16H24N2O2/c1-12-5-6-14(10-15(12)20-2)16(19)18-9-7-13-4-3-8-17-11-13/h5-6,10,13,17H,3-4,7-9,11H2,1-2H3,(H,18,19). The number of carbonyl (C=O) groups excluding carboxylic acids is 1. The molecule has 4 nitrogen and oxygen atoms in total. The molecule has 0 aliphatic carbocycles. The summed E-state index contributed by atoms with van der Waals surface area (Å²) in [7, 11) is 1.63. The Bertz CT molecular complexity index is 454. The molecule has 0 saturated carbocycles. The third-order valence-corrected chi connectivity index (χ3v) is 3.91. The van der Waals surface area contributed by atoms with Crippen molar-refractivity contribution in [1.29, 1.82) is 0 Å². The zero-order valence-corrected chi connectivity index (χ0v) is 12.4. The van der Waals surface area contributed by atoms with Crippen LogP contribution in [0.4, 0.5) is 0 Å². The van der Waals surface area contributed by atoms with E-state index in [4.69, 9.17) is 4.74 Å². The molecule has 0 radical (unpaired) electrons. The van der Waals surface area contributed by atoms with E-state index in [0.29, 0.717) is 11.5 Å². The van der Waals surface area contributed by atoms with Crippen LogP contribution in [-0.2, 0) is 0 Å². The Morgan fingerprint density at radius 3 is 3.05 bits per heavy atom. The summed E-state index contributed by atoms with van der Waals surface area (Å²) < 4.78 is 5.25. The van der Waals surface area contributed by atoms with Crippen LogP contribution in [0.5, 0.6) is 5.75 Å². The molecule has 2 N–H and O–H groups in total. The van der Waals surface area contributed by atoms with Gasteiger partial charge in [-0.2, -0.15) is 0 Å². The van der Waals surface area contributed by atoms with E-state index >= 15 is 0 Å². The van der Waals surface area contributed by atoms with E-state index in [9.17, 15) is 4.79 Å². The molecule has 1 saturated heterocycles. The van der Waals surface area contributed by atoms with Crippen LogP contribution in [0.25, 0.3) is 0 Å². The van der Waals surface area contributed by atoms with Crippen molar-refractivity contribution in [2.45, 2.75) is 26.2 Å². The third kappa shape index (κ3) is 3.97. The molecule has 1 unspecified atom stereocenters. The predicted molar refractivity (Wildman–Crippen MR) is 80.3 cm³/mol. The highest BCUT2D eigenvalue weighted by atomic mass is 16.5. The second-order valence-corrected chi connectivity index (χ2v) is 5.44. The highest BCUT2D eigenvalue weighted by molar-refractivity contribution is 5.94. The second-order valence-electron chi connectivity index (χ2n) is 5.44. The molecule has 1 aromatic rings. The molecule has 0 spiro atoms. The highest BCUT2D eigenvalue weighted by Gasteiger charge is 2.13. The number of hydrogen-bond acceptors (Lipinski definition) is 3. The van der Waals surface area contributed by atoms with Crippen molar-refractivity contribution in [2.24, 2.45) is 5.92 Å². The lowest BCUT2D eigenvalue weighted by molar-refractivity contribution is 0.0950. The Morgan fingerprint density at radius 2 is 2.35 bits per heavy atom. The van der Waals surface area contributed by atoms with Crippen LogP contribution in [0.1, 0.15) is 35.2 Å². The molecule has 4 heteroatoms. The van der Waals surface area contributed by atoms with Gasteiger partial charge in [0.05, 0.1) is 7.11 Å². The largest absolute Gasteiger partial charge is 0.496 e. The summed E-state index contributed by atoms with van der Waals surface area (Å²) in [5.74, 6) is 1.43. The summed E-state index contributed by atoms with van der Waals surface area (Å²) in [6.07, 6.45) is 3.55. The predicted octanol–water partition coefficient (Wildman–Crippen LogP) is 2.12. The van der Waals surface area contributed by atoms with Crippen LogP contribution in [0.3, 0.4) is 0 Å². The lowest BCUT2D eigenvalue weighted by Crippen LogP contribution is -2.33. The summed E-state index contributed by atoms with van der Waals surface area (Å²) in [4.78, 5) is 12.1. The number of hydrogen-bond donors (Lipinski definition) is 2. The number of amides is 1. The first-order chi connectivity index (χ1) is 9.70. The number of nitrogens with one attached hydrogen (secondary N) is 2. The third-order valence-electron chi connectivity index (χ3n) is 3.91. The van der Waals surface area contributed by atoms with Gasteiger partial charge in [0, 0.05) is 12.1 Å². The molecule has 0 bridgehead atoms. The molecule has 1 fully saturated rings. The SMILES string of the molecule is COc1cc(C(=O)NCCC2CCCNC2)ccc1C. The molecule has 0 aromatic heterocycles. The Labute approximate surface area is 120 Å². The maximum Gasteiger partial charge on any atom is 0.251 e. The first kappa shape index (κ1) is 14.9.